The number of H-pyrrole nitrogens is 1. The first-order valence-electron chi connectivity index (χ1n) is 10.3. The number of hydrogen-bond acceptors (Lipinski definition) is 6. The van der Waals surface area contributed by atoms with Gasteiger partial charge in [0.15, 0.2) is 5.82 Å². The highest BCUT2D eigenvalue weighted by Crippen LogP contribution is 2.39. The Kier molecular flexibility index (Phi) is 10.4. The zero-order valence-corrected chi connectivity index (χ0v) is 20.6. The third-order valence-electron chi connectivity index (χ3n) is 6.38. The summed E-state index contributed by atoms with van der Waals surface area (Å²) in [5.74, 6) is 1.53. The molecule has 8 nitrogen and oxygen atoms in total. The second-order valence-electron chi connectivity index (χ2n) is 8.50. The lowest BCUT2D eigenvalue weighted by molar-refractivity contribution is -0.141. The van der Waals surface area contributed by atoms with Crippen LogP contribution in [0.5, 0.6) is 0 Å². The van der Waals surface area contributed by atoms with E-state index in [2.05, 4.69) is 30.8 Å². The number of nitrogens with zero attached hydrogens (tertiary/aromatic N) is 4. The van der Waals surface area contributed by atoms with Crippen molar-refractivity contribution in [1.29, 1.82) is 0 Å². The number of aliphatic carboxylic acids is 1. The second-order valence-corrected chi connectivity index (χ2v) is 9.31. The highest BCUT2D eigenvalue weighted by atomic mass is 35.5. The molecule has 1 aliphatic carbocycles. The van der Waals surface area contributed by atoms with Gasteiger partial charge in [0.05, 0.1) is 16.6 Å². The zero-order valence-electron chi connectivity index (χ0n) is 17.4. The van der Waals surface area contributed by atoms with E-state index in [-0.39, 0.29) is 24.8 Å². The summed E-state index contributed by atoms with van der Waals surface area (Å²) < 4.78 is 0. The largest absolute Gasteiger partial charge is 0.480 e. The summed E-state index contributed by atoms with van der Waals surface area (Å²) in [6.07, 6.45) is 4.06. The number of nitrogens with one attached hydrogen (secondary N) is 2. The van der Waals surface area contributed by atoms with E-state index < -0.39 is 12.0 Å². The molecule has 3 unspecified atom stereocenters. The third kappa shape index (κ3) is 6.92. The van der Waals surface area contributed by atoms with E-state index in [0.29, 0.717) is 40.9 Å². The van der Waals surface area contributed by atoms with E-state index in [1.165, 1.54) is 0 Å². The number of fused-ring (bicyclic) bond motifs is 1. The van der Waals surface area contributed by atoms with Crippen LogP contribution in [0, 0.1) is 17.8 Å². The van der Waals surface area contributed by atoms with Crippen molar-refractivity contribution in [2.75, 3.05) is 13.1 Å². The van der Waals surface area contributed by atoms with Gasteiger partial charge in [-0.25, -0.2) is 5.10 Å². The SMILES string of the molecule is Cl.Cl.O=C(O)C1CC2CC(CN(Cc3ccc(Cl)c(Cl)c3)Cc3nnn[nH]3)CC[C@H]2CN1. The Bertz CT molecular complexity index is 872. The number of aromatic amines is 1. The van der Waals surface area contributed by atoms with Crippen LogP contribution in [0.15, 0.2) is 18.2 Å². The summed E-state index contributed by atoms with van der Waals surface area (Å²) >= 11 is 12.3. The number of tetrazole rings is 1. The molecule has 3 N–H and O–H groups in total. The van der Waals surface area contributed by atoms with Crippen LogP contribution in [-0.2, 0) is 17.9 Å². The van der Waals surface area contributed by atoms with Crippen LogP contribution in [-0.4, -0.2) is 55.7 Å². The van der Waals surface area contributed by atoms with E-state index in [0.717, 1.165) is 50.2 Å². The van der Waals surface area contributed by atoms with Crippen LogP contribution in [0.3, 0.4) is 0 Å². The van der Waals surface area contributed by atoms with E-state index >= 15 is 0 Å². The maximum absolute atomic E-state index is 11.4. The highest BCUT2D eigenvalue weighted by Gasteiger charge is 2.38. The molecule has 1 saturated heterocycles. The van der Waals surface area contributed by atoms with Crippen LogP contribution in [0.2, 0.25) is 10.0 Å². The van der Waals surface area contributed by atoms with Gasteiger partial charge in [0, 0.05) is 13.1 Å². The van der Waals surface area contributed by atoms with E-state index in [1.54, 1.807) is 0 Å². The molecule has 2 aromatic rings. The molecule has 12 heteroatoms. The van der Waals surface area contributed by atoms with Crippen LogP contribution in [0.25, 0.3) is 0 Å². The second kappa shape index (κ2) is 12.3. The fourth-order valence-electron chi connectivity index (χ4n) is 4.92. The number of halogens is 4. The predicted molar refractivity (Wildman–Crippen MR) is 128 cm³/mol. The molecule has 4 rings (SSSR count). The van der Waals surface area contributed by atoms with Crippen LogP contribution < -0.4 is 5.32 Å². The summed E-state index contributed by atoms with van der Waals surface area (Å²) in [6.45, 7) is 3.03. The van der Waals surface area contributed by atoms with Crippen molar-refractivity contribution in [2.45, 2.75) is 44.8 Å². The van der Waals surface area contributed by atoms with Crippen molar-refractivity contribution in [3.8, 4) is 0 Å². The van der Waals surface area contributed by atoms with Gasteiger partial charge in [-0.3, -0.25) is 9.69 Å². The molecule has 2 aliphatic rings. The monoisotopic (exact) mass is 524 g/mol. The summed E-state index contributed by atoms with van der Waals surface area (Å²) in [4.78, 5) is 13.7. The van der Waals surface area contributed by atoms with E-state index in [4.69, 9.17) is 23.2 Å². The molecule has 1 saturated carbocycles. The van der Waals surface area contributed by atoms with Crippen molar-refractivity contribution in [1.82, 2.24) is 30.8 Å². The molecule has 178 valence electrons. The number of carboxylic acids is 1. The lowest BCUT2D eigenvalue weighted by Crippen LogP contribution is -2.50. The van der Waals surface area contributed by atoms with Gasteiger partial charge in [-0.15, -0.1) is 29.9 Å². The average Bonchev–Trinajstić information content (AvgIpc) is 3.23. The minimum absolute atomic E-state index is 0. The minimum atomic E-state index is -0.741. The molecule has 1 aliphatic heterocycles. The van der Waals surface area contributed by atoms with Crippen LogP contribution >= 0.6 is 48.0 Å². The molecule has 1 aromatic heterocycles. The number of rotatable bonds is 7. The quantitative estimate of drug-likeness (QED) is 0.504. The highest BCUT2D eigenvalue weighted by molar-refractivity contribution is 6.42. The Labute approximate surface area is 209 Å². The number of carboxylic acid groups (broad SMARTS) is 1. The van der Waals surface area contributed by atoms with Gasteiger partial charge in [0.25, 0.3) is 0 Å². The molecule has 32 heavy (non-hydrogen) atoms. The Morgan fingerprint density at radius 3 is 2.62 bits per heavy atom. The smallest absolute Gasteiger partial charge is 0.320 e. The van der Waals surface area contributed by atoms with Gasteiger partial charge < -0.3 is 10.4 Å². The number of carbonyl (C=O) groups is 1. The van der Waals surface area contributed by atoms with Crippen LogP contribution in [0.1, 0.15) is 37.1 Å². The van der Waals surface area contributed by atoms with Crippen molar-refractivity contribution < 1.29 is 9.90 Å². The fraction of sp³-hybridized carbons (Fsp3) is 0.600. The van der Waals surface area contributed by atoms with Crippen molar-refractivity contribution in [3.63, 3.8) is 0 Å². The van der Waals surface area contributed by atoms with Gasteiger partial charge in [0.2, 0.25) is 0 Å². The number of hydrogen-bond donors (Lipinski definition) is 3. The summed E-state index contributed by atoms with van der Waals surface area (Å²) in [5, 5.41) is 27.9. The standard InChI is InChI=1S/C20H26Cl2N6O2.2ClH/c21-16-4-2-13(6-17(16)22)10-28(11-19-24-26-27-25-19)9-12-1-3-14-8-23-18(20(29)30)7-15(14)5-12;;/h2,4,6,12,14-15,18,23H,1,3,5,7-11H2,(H,29,30)(H,24,25,26,27);2*1H/t12?,14-,15?,18?;;/m0../s1. The average molecular weight is 526 g/mol. The molecular formula is C20H28Cl4N6O2. The van der Waals surface area contributed by atoms with Gasteiger partial charge >= 0.3 is 5.97 Å². The number of aromatic nitrogens is 4. The maximum Gasteiger partial charge on any atom is 0.320 e. The lowest BCUT2D eigenvalue weighted by Gasteiger charge is -2.42. The third-order valence-corrected chi connectivity index (χ3v) is 7.12. The first kappa shape index (κ1) is 27.1. The van der Waals surface area contributed by atoms with Crippen molar-refractivity contribution >= 4 is 54.0 Å². The number of benzene rings is 1. The maximum atomic E-state index is 11.4. The van der Waals surface area contributed by atoms with Gasteiger partial charge in [-0.05, 0) is 78.1 Å². The topological polar surface area (TPSA) is 107 Å². The van der Waals surface area contributed by atoms with Gasteiger partial charge in [-0.2, -0.15) is 0 Å². The van der Waals surface area contributed by atoms with E-state index in [9.17, 15) is 9.90 Å². The summed E-state index contributed by atoms with van der Waals surface area (Å²) in [6, 6.07) is 5.29. The van der Waals surface area contributed by atoms with Crippen LogP contribution in [0.4, 0.5) is 0 Å². The lowest BCUT2D eigenvalue weighted by atomic mass is 9.69. The molecule has 2 heterocycles. The molecular weight excluding hydrogens is 498 g/mol. The summed E-state index contributed by atoms with van der Waals surface area (Å²) in [5.41, 5.74) is 1.08. The molecule has 0 bridgehead atoms. The van der Waals surface area contributed by atoms with Crippen molar-refractivity contribution in [2.24, 2.45) is 17.8 Å². The molecule has 0 spiro atoms. The minimum Gasteiger partial charge on any atom is -0.480 e. The first-order valence-corrected chi connectivity index (χ1v) is 11.1. The molecule has 1 aromatic carbocycles. The van der Waals surface area contributed by atoms with Gasteiger partial charge in [0.1, 0.15) is 6.04 Å². The summed E-state index contributed by atoms with van der Waals surface area (Å²) in [7, 11) is 0. The molecule has 4 atom stereocenters. The van der Waals surface area contributed by atoms with E-state index in [1.807, 2.05) is 18.2 Å². The first-order chi connectivity index (χ1) is 14.5. The van der Waals surface area contributed by atoms with Crippen molar-refractivity contribution in [3.05, 3.63) is 39.6 Å². The Balaban J connectivity index is 0.00000181. The van der Waals surface area contributed by atoms with Gasteiger partial charge in [-0.1, -0.05) is 29.3 Å². The Hall–Kier alpha value is -1.16. The molecule has 0 amide bonds. The molecule has 0 radical (unpaired) electrons. The molecule has 2 fully saturated rings. The Morgan fingerprint density at radius 1 is 1.12 bits per heavy atom. The Morgan fingerprint density at radius 2 is 1.94 bits per heavy atom. The zero-order chi connectivity index (χ0) is 21.1. The predicted octanol–water partition coefficient (Wildman–Crippen LogP) is 3.83. The number of piperidine rings is 1. The fourth-order valence-corrected chi connectivity index (χ4v) is 5.24. The normalized spacial score (nSPS) is 24.8.